The van der Waals surface area contributed by atoms with Gasteiger partial charge in [0.15, 0.2) is 0 Å². The summed E-state index contributed by atoms with van der Waals surface area (Å²) in [5.41, 5.74) is 4.83. The Bertz CT molecular complexity index is 158. The molecule has 0 aromatic carbocycles. The molecular weight excluding hydrogens is 148 g/mol. The number of hydrogen-bond donors (Lipinski definition) is 2. The number of hydrogen-bond acceptors (Lipinski definition) is 4. The van der Waals surface area contributed by atoms with E-state index in [1.54, 1.807) is 6.92 Å². The van der Waals surface area contributed by atoms with Crippen molar-refractivity contribution in [2.24, 2.45) is 5.73 Å². The van der Waals surface area contributed by atoms with Crippen LogP contribution in [0.4, 0.5) is 0 Å². The van der Waals surface area contributed by atoms with Gasteiger partial charge in [0.1, 0.15) is 6.04 Å². The predicted molar refractivity (Wildman–Crippen MR) is 38.7 cm³/mol. The van der Waals surface area contributed by atoms with Crippen LogP contribution in [0.15, 0.2) is 0 Å². The zero-order valence-electron chi connectivity index (χ0n) is 6.59. The quantitative estimate of drug-likeness (QED) is 0.497. The molecule has 0 aliphatic carbocycles. The first-order valence-electron chi connectivity index (χ1n) is 3.17. The molecule has 0 saturated carbocycles. The van der Waals surface area contributed by atoms with Crippen molar-refractivity contribution in [3.05, 3.63) is 0 Å². The number of rotatable bonds is 4. The van der Waals surface area contributed by atoms with Gasteiger partial charge in [-0.1, -0.05) is 0 Å². The Morgan fingerprint density at radius 2 is 2.18 bits per heavy atom. The van der Waals surface area contributed by atoms with Gasteiger partial charge in [0, 0.05) is 0 Å². The Labute approximate surface area is 64.9 Å². The second-order valence-corrected chi connectivity index (χ2v) is 2.09. The highest BCUT2D eigenvalue weighted by atomic mass is 16.5. The van der Waals surface area contributed by atoms with Crippen LogP contribution in [0.5, 0.6) is 0 Å². The fraction of sp³-hybridized carbons (Fsp3) is 0.667. The van der Waals surface area contributed by atoms with E-state index in [1.165, 1.54) is 7.11 Å². The molecule has 11 heavy (non-hydrogen) atoms. The lowest BCUT2D eigenvalue weighted by atomic mass is 10.3. The van der Waals surface area contributed by atoms with Crippen LogP contribution in [0.25, 0.3) is 0 Å². The number of esters is 1. The average molecular weight is 160 g/mol. The minimum atomic E-state index is -0.499. The summed E-state index contributed by atoms with van der Waals surface area (Å²) in [5.74, 6) is -0.910. The minimum absolute atomic E-state index is 0.0176. The molecule has 0 fully saturated rings. The van der Waals surface area contributed by atoms with Crippen molar-refractivity contribution >= 4 is 11.9 Å². The standard InChI is InChI=1S/C6H12N2O3/c1-4(6(10)11-2)8-3-5(7)9/h4,8H,3H2,1-2H3,(H2,7,9). The smallest absolute Gasteiger partial charge is 0.322 e. The van der Waals surface area contributed by atoms with E-state index < -0.39 is 17.9 Å². The first-order valence-corrected chi connectivity index (χ1v) is 3.17. The molecule has 1 unspecified atom stereocenters. The normalized spacial score (nSPS) is 12.2. The molecule has 5 nitrogen and oxygen atoms in total. The zero-order valence-corrected chi connectivity index (χ0v) is 6.59. The molecule has 0 bridgehead atoms. The van der Waals surface area contributed by atoms with Gasteiger partial charge in [-0.25, -0.2) is 0 Å². The van der Waals surface area contributed by atoms with Crippen molar-refractivity contribution < 1.29 is 14.3 Å². The number of primary amides is 1. The third-order valence-corrected chi connectivity index (χ3v) is 1.14. The van der Waals surface area contributed by atoms with Crippen LogP contribution in [0.1, 0.15) is 6.92 Å². The maximum atomic E-state index is 10.7. The van der Waals surface area contributed by atoms with Crippen molar-refractivity contribution in [2.45, 2.75) is 13.0 Å². The Balaban J connectivity index is 3.60. The maximum absolute atomic E-state index is 10.7. The van der Waals surface area contributed by atoms with E-state index >= 15 is 0 Å². The van der Waals surface area contributed by atoms with E-state index in [-0.39, 0.29) is 6.54 Å². The molecule has 64 valence electrons. The molecule has 0 aromatic rings. The van der Waals surface area contributed by atoms with Crippen LogP contribution in [0.2, 0.25) is 0 Å². The second-order valence-electron chi connectivity index (χ2n) is 2.09. The SMILES string of the molecule is COC(=O)C(C)NCC(N)=O. The van der Waals surface area contributed by atoms with Crippen LogP contribution in [0.3, 0.4) is 0 Å². The molecular formula is C6H12N2O3. The zero-order chi connectivity index (χ0) is 8.85. The summed E-state index contributed by atoms with van der Waals surface area (Å²) < 4.78 is 4.39. The van der Waals surface area contributed by atoms with Crippen LogP contribution in [0, 0.1) is 0 Å². The highest BCUT2D eigenvalue weighted by Gasteiger charge is 2.11. The van der Waals surface area contributed by atoms with Gasteiger partial charge in [0.05, 0.1) is 13.7 Å². The molecule has 0 rings (SSSR count). The van der Waals surface area contributed by atoms with E-state index in [1.807, 2.05) is 0 Å². The first kappa shape index (κ1) is 9.90. The molecule has 3 N–H and O–H groups in total. The van der Waals surface area contributed by atoms with Gasteiger partial charge in [-0.15, -0.1) is 0 Å². The number of carbonyl (C=O) groups excluding carboxylic acids is 2. The number of nitrogens with one attached hydrogen (secondary N) is 1. The summed E-state index contributed by atoms with van der Waals surface area (Å²) in [4.78, 5) is 20.9. The van der Waals surface area contributed by atoms with Gasteiger partial charge in [-0.2, -0.15) is 0 Å². The largest absolute Gasteiger partial charge is 0.468 e. The topological polar surface area (TPSA) is 81.4 Å². The fourth-order valence-electron chi connectivity index (χ4n) is 0.514. The predicted octanol–water partition coefficient (Wildman–Crippen LogP) is -1.38. The van der Waals surface area contributed by atoms with Crippen molar-refractivity contribution in [1.29, 1.82) is 0 Å². The molecule has 5 heteroatoms. The van der Waals surface area contributed by atoms with Gasteiger partial charge >= 0.3 is 5.97 Å². The van der Waals surface area contributed by atoms with Crippen molar-refractivity contribution in [2.75, 3.05) is 13.7 Å². The van der Waals surface area contributed by atoms with Crippen molar-refractivity contribution in [3.8, 4) is 0 Å². The Hall–Kier alpha value is -1.10. The Morgan fingerprint density at radius 1 is 1.64 bits per heavy atom. The lowest BCUT2D eigenvalue weighted by molar-refractivity contribution is -0.142. The summed E-state index contributed by atoms with van der Waals surface area (Å²) in [6, 6.07) is -0.493. The summed E-state index contributed by atoms with van der Waals surface area (Å²) in [6.45, 7) is 1.57. The van der Waals surface area contributed by atoms with Gasteiger partial charge in [-0.3, -0.25) is 14.9 Å². The van der Waals surface area contributed by atoms with Crippen LogP contribution in [-0.4, -0.2) is 31.6 Å². The van der Waals surface area contributed by atoms with E-state index in [2.05, 4.69) is 10.1 Å². The Kier molecular flexibility index (Phi) is 4.21. The minimum Gasteiger partial charge on any atom is -0.468 e. The number of carbonyl (C=O) groups is 2. The second kappa shape index (κ2) is 4.68. The summed E-state index contributed by atoms with van der Waals surface area (Å²) in [6.07, 6.45) is 0. The number of nitrogens with two attached hydrogens (primary N) is 1. The Morgan fingerprint density at radius 3 is 2.55 bits per heavy atom. The fourth-order valence-corrected chi connectivity index (χ4v) is 0.514. The highest BCUT2D eigenvalue weighted by molar-refractivity contribution is 5.78. The summed E-state index contributed by atoms with van der Waals surface area (Å²) in [5, 5.41) is 2.58. The molecule has 0 radical (unpaired) electrons. The molecule has 1 atom stereocenters. The van der Waals surface area contributed by atoms with Crippen LogP contribution < -0.4 is 11.1 Å². The molecule has 1 amide bonds. The first-order chi connectivity index (χ1) is 5.07. The lowest BCUT2D eigenvalue weighted by Gasteiger charge is -2.08. The number of amides is 1. The number of methoxy groups -OCH3 is 1. The summed E-state index contributed by atoms with van der Waals surface area (Å²) in [7, 11) is 1.28. The summed E-state index contributed by atoms with van der Waals surface area (Å²) >= 11 is 0. The third kappa shape index (κ3) is 4.32. The van der Waals surface area contributed by atoms with E-state index in [0.29, 0.717) is 0 Å². The molecule has 0 saturated heterocycles. The molecule has 0 aromatic heterocycles. The highest BCUT2D eigenvalue weighted by Crippen LogP contribution is 1.83. The maximum Gasteiger partial charge on any atom is 0.322 e. The third-order valence-electron chi connectivity index (χ3n) is 1.14. The molecule has 0 aliphatic heterocycles. The lowest BCUT2D eigenvalue weighted by Crippen LogP contribution is -2.40. The van der Waals surface area contributed by atoms with Crippen molar-refractivity contribution in [1.82, 2.24) is 5.32 Å². The van der Waals surface area contributed by atoms with E-state index in [9.17, 15) is 9.59 Å². The molecule has 0 aliphatic rings. The van der Waals surface area contributed by atoms with E-state index in [4.69, 9.17) is 5.73 Å². The number of ether oxygens (including phenoxy) is 1. The van der Waals surface area contributed by atoms with Crippen LogP contribution in [-0.2, 0) is 14.3 Å². The van der Waals surface area contributed by atoms with Gasteiger partial charge in [0.25, 0.3) is 0 Å². The van der Waals surface area contributed by atoms with Gasteiger partial charge in [0.2, 0.25) is 5.91 Å². The molecule has 0 spiro atoms. The van der Waals surface area contributed by atoms with Crippen molar-refractivity contribution in [3.63, 3.8) is 0 Å². The van der Waals surface area contributed by atoms with Crippen LogP contribution >= 0.6 is 0 Å². The van der Waals surface area contributed by atoms with Gasteiger partial charge in [-0.05, 0) is 6.92 Å². The van der Waals surface area contributed by atoms with E-state index in [0.717, 1.165) is 0 Å². The monoisotopic (exact) mass is 160 g/mol. The van der Waals surface area contributed by atoms with Gasteiger partial charge < -0.3 is 10.5 Å². The molecule has 0 heterocycles. The average Bonchev–Trinajstić information content (AvgIpc) is 1.98.